The average Bonchev–Trinajstić information content (AvgIpc) is 3.28. The lowest BCUT2D eigenvalue weighted by Gasteiger charge is -2.07. The molecule has 3 heterocycles. The molecule has 0 saturated carbocycles. The van der Waals surface area contributed by atoms with Crippen LogP contribution >= 0.6 is 0 Å². The van der Waals surface area contributed by atoms with Gasteiger partial charge in [0.1, 0.15) is 18.2 Å². The first-order valence-electron chi connectivity index (χ1n) is 8.29. The molecule has 9 heteroatoms. The fourth-order valence-corrected chi connectivity index (χ4v) is 2.51. The number of aromatic nitrogens is 6. The Morgan fingerprint density at radius 1 is 1.15 bits per heavy atom. The summed E-state index contributed by atoms with van der Waals surface area (Å²) in [4.78, 5) is 24.8. The molecular weight excluding hydrogens is 346 g/mol. The Balaban J connectivity index is 1.42. The second kappa shape index (κ2) is 6.87. The molecule has 0 radical (unpaired) electrons. The average molecular weight is 363 g/mol. The minimum absolute atomic E-state index is 0.0620. The number of hydrogen-bond donors (Lipinski definition) is 1. The first-order chi connectivity index (χ1) is 13.1. The van der Waals surface area contributed by atoms with E-state index < -0.39 is 5.91 Å². The van der Waals surface area contributed by atoms with Crippen LogP contribution in [-0.4, -0.2) is 35.0 Å². The van der Waals surface area contributed by atoms with Crippen molar-refractivity contribution in [3.8, 4) is 5.75 Å². The Labute approximate surface area is 154 Å². The molecule has 0 unspecified atom stereocenters. The molecule has 9 nitrogen and oxygen atoms in total. The number of hydrogen-bond acceptors (Lipinski definition) is 6. The monoisotopic (exact) mass is 363 g/mol. The molecule has 136 valence electrons. The van der Waals surface area contributed by atoms with Crippen molar-refractivity contribution in [2.75, 3.05) is 5.32 Å². The smallest absolute Gasteiger partial charge is 0.295 e. The molecule has 1 aromatic carbocycles. The number of nitrogens with zero attached hydrogens (tertiary/aromatic N) is 6. The van der Waals surface area contributed by atoms with Crippen LogP contribution in [0, 0.1) is 6.92 Å². The third-order valence-corrected chi connectivity index (χ3v) is 4.03. The zero-order chi connectivity index (χ0) is 18.8. The first kappa shape index (κ1) is 16.7. The fraction of sp³-hybridized carbons (Fsp3) is 0.167. The van der Waals surface area contributed by atoms with Gasteiger partial charge in [-0.2, -0.15) is 4.98 Å². The molecule has 4 aromatic rings. The highest BCUT2D eigenvalue weighted by Crippen LogP contribution is 2.17. The number of benzene rings is 1. The maximum absolute atomic E-state index is 12.4. The highest BCUT2D eigenvalue weighted by atomic mass is 16.5. The van der Waals surface area contributed by atoms with Crippen LogP contribution in [0.1, 0.15) is 22.1 Å². The number of nitrogens with one attached hydrogen (secondary N) is 1. The van der Waals surface area contributed by atoms with E-state index in [4.69, 9.17) is 4.74 Å². The predicted octanol–water partition coefficient (Wildman–Crippen LogP) is 2.00. The number of imidazole rings is 1. The number of fused-ring (bicyclic) bond motifs is 1. The van der Waals surface area contributed by atoms with Crippen molar-refractivity contribution in [2.45, 2.75) is 13.5 Å². The molecule has 0 saturated heterocycles. The van der Waals surface area contributed by atoms with Crippen LogP contribution < -0.4 is 10.1 Å². The molecule has 0 atom stereocenters. The Morgan fingerprint density at radius 3 is 2.67 bits per heavy atom. The van der Waals surface area contributed by atoms with E-state index in [1.807, 2.05) is 24.7 Å². The molecule has 0 aliphatic carbocycles. The van der Waals surface area contributed by atoms with Crippen LogP contribution in [0.5, 0.6) is 5.75 Å². The van der Waals surface area contributed by atoms with Crippen molar-refractivity contribution >= 4 is 17.4 Å². The van der Waals surface area contributed by atoms with Gasteiger partial charge < -0.3 is 14.6 Å². The molecule has 27 heavy (non-hydrogen) atoms. The Morgan fingerprint density at radius 2 is 1.96 bits per heavy atom. The topological polar surface area (TPSA) is 99.2 Å². The van der Waals surface area contributed by atoms with Gasteiger partial charge in [0.15, 0.2) is 0 Å². The van der Waals surface area contributed by atoms with E-state index in [-0.39, 0.29) is 5.82 Å². The number of ether oxygens (including phenoxy) is 1. The van der Waals surface area contributed by atoms with Gasteiger partial charge in [-0.15, -0.1) is 5.10 Å². The van der Waals surface area contributed by atoms with E-state index in [9.17, 15) is 4.79 Å². The fourth-order valence-electron chi connectivity index (χ4n) is 2.51. The van der Waals surface area contributed by atoms with Crippen molar-refractivity contribution in [1.29, 1.82) is 0 Å². The van der Waals surface area contributed by atoms with Gasteiger partial charge in [-0.25, -0.2) is 14.5 Å². The van der Waals surface area contributed by atoms with Crippen molar-refractivity contribution in [2.24, 2.45) is 7.05 Å². The van der Waals surface area contributed by atoms with E-state index in [1.54, 1.807) is 42.7 Å². The number of carbonyl (C=O) groups is 1. The van der Waals surface area contributed by atoms with Gasteiger partial charge in [0, 0.05) is 37.0 Å². The summed E-state index contributed by atoms with van der Waals surface area (Å²) in [6, 6.07) is 8.87. The van der Waals surface area contributed by atoms with E-state index in [0.717, 1.165) is 11.5 Å². The van der Waals surface area contributed by atoms with Crippen LogP contribution in [-0.2, 0) is 13.7 Å². The van der Waals surface area contributed by atoms with E-state index >= 15 is 0 Å². The van der Waals surface area contributed by atoms with Crippen molar-refractivity contribution in [3.05, 3.63) is 66.3 Å². The van der Waals surface area contributed by atoms with E-state index in [2.05, 4.69) is 25.4 Å². The molecule has 4 rings (SSSR count). The zero-order valence-corrected chi connectivity index (χ0v) is 14.8. The molecule has 3 aromatic heterocycles. The SMILES string of the molecule is Cc1ccnc2nc(C(=O)Nc3ccc(OCc4nccn4C)cc3)nn12. The number of amides is 1. The summed E-state index contributed by atoms with van der Waals surface area (Å²) in [5.74, 6) is 1.56. The summed E-state index contributed by atoms with van der Waals surface area (Å²) in [7, 11) is 1.91. The molecule has 1 N–H and O–H groups in total. The van der Waals surface area contributed by atoms with Gasteiger partial charge in [-0.05, 0) is 37.3 Å². The summed E-state index contributed by atoms with van der Waals surface area (Å²) in [6.45, 7) is 2.24. The zero-order valence-electron chi connectivity index (χ0n) is 14.8. The van der Waals surface area contributed by atoms with Crippen molar-refractivity contribution in [1.82, 2.24) is 29.1 Å². The van der Waals surface area contributed by atoms with Crippen LogP contribution in [0.3, 0.4) is 0 Å². The number of rotatable bonds is 5. The van der Waals surface area contributed by atoms with Gasteiger partial charge in [0.05, 0.1) is 0 Å². The molecule has 0 aliphatic heterocycles. The highest BCUT2D eigenvalue weighted by molar-refractivity contribution is 6.01. The molecule has 0 bridgehead atoms. The second-order valence-corrected chi connectivity index (χ2v) is 5.95. The van der Waals surface area contributed by atoms with Gasteiger partial charge >= 0.3 is 0 Å². The van der Waals surface area contributed by atoms with Crippen LogP contribution in [0.4, 0.5) is 5.69 Å². The lowest BCUT2D eigenvalue weighted by molar-refractivity contribution is 0.101. The minimum atomic E-state index is -0.401. The summed E-state index contributed by atoms with van der Waals surface area (Å²) in [5, 5.41) is 6.96. The van der Waals surface area contributed by atoms with Gasteiger partial charge in [-0.1, -0.05) is 0 Å². The summed E-state index contributed by atoms with van der Waals surface area (Å²) in [6.07, 6.45) is 5.22. The summed E-state index contributed by atoms with van der Waals surface area (Å²) < 4.78 is 9.12. The van der Waals surface area contributed by atoms with Gasteiger partial charge in [0.2, 0.25) is 5.82 Å². The normalized spacial score (nSPS) is 10.9. The standard InChI is InChI=1S/C18H17N7O2/c1-12-7-8-20-18-22-16(23-25(12)18)17(26)21-13-3-5-14(6-4-13)27-11-15-19-9-10-24(15)2/h3-10H,11H2,1-2H3,(H,21,26). The molecule has 0 fully saturated rings. The number of carbonyl (C=O) groups excluding carboxylic acids is 1. The Bertz CT molecular complexity index is 1100. The largest absolute Gasteiger partial charge is 0.486 e. The predicted molar refractivity (Wildman–Crippen MR) is 97.5 cm³/mol. The highest BCUT2D eigenvalue weighted by Gasteiger charge is 2.14. The van der Waals surface area contributed by atoms with Gasteiger partial charge in [0.25, 0.3) is 11.7 Å². The lowest BCUT2D eigenvalue weighted by Crippen LogP contribution is -2.14. The molecule has 1 amide bonds. The minimum Gasteiger partial charge on any atom is -0.486 e. The second-order valence-electron chi connectivity index (χ2n) is 5.95. The first-order valence-corrected chi connectivity index (χ1v) is 8.29. The maximum Gasteiger partial charge on any atom is 0.295 e. The maximum atomic E-state index is 12.4. The van der Waals surface area contributed by atoms with Crippen molar-refractivity contribution < 1.29 is 9.53 Å². The van der Waals surface area contributed by atoms with Crippen molar-refractivity contribution in [3.63, 3.8) is 0 Å². The van der Waals surface area contributed by atoms with E-state index in [1.165, 1.54) is 4.52 Å². The quantitative estimate of drug-likeness (QED) is 0.582. The summed E-state index contributed by atoms with van der Waals surface area (Å²) >= 11 is 0. The van der Waals surface area contributed by atoms with Gasteiger partial charge in [-0.3, -0.25) is 4.79 Å². The van der Waals surface area contributed by atoms with Crippen LogP contribution in [0.25, 0.3) is 5.78 Å². The molecular formula is C18H17N7O2. The Hall–Kier alpha value is -3.75. The third-order valence-electron chi connectivity index (χ3n) is 4.03. The number of aryl methyl sites for hydroxylation is 2. The Kier molecular flexibility index (Phi) is 4.25. The van der Waals surface area contributed by atoms with E-state index in [0.29, 0.717) is 23.8 Å². The third kappa shape index (κ3) is 3.47. The summed E-state index contributed by atoms with van der Waals surface area (Å²) in [5.41, 5.74) is 1.47. The molecule has 0 aliphatic rings. The van der Waals surface area contributed by atoms with Crippen LogP contribution in [0.15, 0.2) is 48.9 Å². The van der Waals surface area contributed by atoms with Crippen LogP contribution in [0.2, 0.25) is 0 Å². The lowest BCUT2D eigenvalue weighted by atomic mass is 10.3. The number of anilines is 1. The molecule has 0 spiro atoms.